The van der Waals surface area contributed by atoms with E-state index < -0.39 is 0 Å². The SMILES string of the molecule is COc1cccc2c1nc(CCl)n2Cc1cccc(Br)c1. The number of para-hydroxylation sites is 1. The summed E-state index contributed by atoms with van der Waals surface area (Å²) in [6.07, 6.45) is 0. The van der Waals surface area contributed by atoms with Gasteiger partial charge in [0.1, 0.15) is 17.1 Å². The Bertz CT molecular complexity index is 785. The van der Waals surface area contributed by atoms with Crippen LogP contribution in [0.4, 0.5) is 0 Å². The van der Waals surface area contributed by atoms with Crippen molar-refractivity contribution >= 4 is 38.6 Å². The molecule has 0 spiro atoms. The molecule has 0 saturated heterocycles. The van der Waals surface area contributed by atoms with Crippen LogP contribution in [0, 0.1) is 0 Å². The number of ether oxygens (including phenoxy) is 1. The van der Waals surface area contributed by atoms with E-state index in [0.29, 0.717) is 5.88 Å². The van der Waals surface area contributed by atoms with Crippen LogP contribution < -0.4 is 4.74 Å². The number of methoxy groups -OCH3 is 1. The molecule has 3 nitrogen and oxygen atoms in total. The Kier molecular flexibility index (Phi) is 4.17. The van der Waals surface area contributed by atoms with Gasteiger partial charge in [0.2, 0.25) is 0 Å². The monoisotopic (exact) mass is 364 g/mol. The van der Waals surface area contributed by atoms with E-state index in [1.54, 1.807) is 7.11 Å². The number of nitrogens with zero attached hydrogens (tertiary/aromatic N) is 2. The summed E-state index contributed by atoms with van der Waals surface area (Å²) in [6, 6.07) is 14.2. The molecule has 0 aliphatic heterocycles. The molecule has 3 rings (SSSR count). The van der Waals surface area contributed by atoms with Crippen molar-refractivity contribution in [2.45, 2.75) is 12.4 Å². The molecule has 0 aliphatic rings. The van der Waals surface area contributed by atoms with Crippen LogP contribution in [0.1, 0.15) is 11.4 Å². The number of hydrogen-bond donors (Lipinski definition) is 0. The third-order valence-corrected chi connectivity index (χ3v) is 4.12. The number of fused-ring (bicyclic) bond motifs is 1. The predicted molar refractivity (Wildman–Crippen MR) is 89.1 cm³/mol. The first-order valence-corrected chi connectivity index (χ1v) is 7.88. The molecule has 0 aliphatic carbocycles. The molecule has 21 heavy (non-hydrogen) atoms. The lowest BCUT2D eigenvalue weighted by Gasteiger charge is -2.08. The molecule has 0 amide bonds. The van der Waals surface area contributed by atoms with E-state index >= 15 is 0 Å². The zero-order chi connectivity index (χ0) is 14.8. The Morgan fingerprint density at radius 1 is 1.24 bits per heavy atom. The summed E-state index contributed by atoms with van der Waals surface area (Å²) in [6.45, 7) is 0.727. The van der Waals surface area contributed by atoms with E-state index in [0.717, 1.165) is 33.6 Å². The van der Waals surface area contributed by atoms with Gasteiger partial charge in [-0.05, 0) is 29.8 Å². The highest BCUT2D eigenvalue weighted by Crippen LogP contribution is 2.27. The largest absolute Gasteiger partial charge is 0.494 e. The van der Waals surface area contributed by atoms with Crippen LogP contribution in [0.2, 0.25) is 0 Å². The zero-order valence-electron chi connectivity index (χ0n) is 11.5. The van der Waals surface area contributed by atoms with Crippen molar-refractivity contribution in [1.82, 2.24) is 9.55 Å². The third kappa shape index (κ3) is 2.78. The molecule has 0 bridgehead atoms. The van der Waals surface area contributed by atoms with Gasteiger partial charge in [-0.25, -0.2) is 4.98 Å². The van der Waals surface area contributed by atoms with Crippen LogP contribution in [0.25, 0.3) is 11.0 Å². The Morgan fingerprint density at radius 3 is 2.76 bits per heavy atom. The van der Waals surface area contributed by atoms with Gasteiger partial charge in [0, 0.05) is 11.0 Å². The maximum Gasteiger partial charge on any atom is 0.146 e. The molecule has 5 heteroatoms. The van der Waals surface area contributed by atoms with Gasteiger partial charge in [0.25, 0.3) is 0 Å². The highest BCUT2D eigenvalue weighted by atomic mass is 79.9. The Morgan fingerprint density at radius 2 is 2.05 bits per heavy atom. The van der Waals surface area contributed by atoms with Gasteiger partial charge < -0.3 is 9.30 Å². The predicted octanol–water partition coefficient (Wildman–Crippen LogP) is 4.59. The highest BCUT2D eigenvalue weighted by Gasteiger charge is 2.13. The standard InChI is InChI=1S/C16H14BrClN2O/c1-21-14-7-3-6-13-16(14)19-15(9-18)20(13)10-11-4-2-5-12(17)8-11/h2-8H,9-10H2,1H3. The number of halogens is 2. The highest BCUT2D eigenvalue weighted by molar-refractivity contribution is 9.10. The van der Waals surface area contributed by atoms with Gasteiger partial charge >= 0.3 is 0 Å². The molecule has 0 unspecified atom stereocenters. The Balaban J connectivity index is 2.12. The fraction of sp³-hybridized carbons (Fsp3) is 0.188. The minimum Gasteiger partial charge on any atom is -0.494 e. The molecular formula is C16H14BrClN2O. The van der Waals surface area contributed by atoms with Gasteiger partial charge in [-0.2, -0.15) is 0 Å². The smallest absolute Gasteiger partial charge is 0.146 e. The lowest BCUT2D eigenvalue weighted by Crippen LogP contribution is -2.03. The molecule has 0 radical (unpaired) electrons. The topological polar surface area (TPSA) is 27.1 Å². The Hall–Kier alpha value is -1.52. The van der Waals surface area contributed by atoms with Crippen LogP contribution in [-0.2, 0) is 12.4 Å². The quantitative estimate of drug-likeness (QED) is 0.632. The van der Waals surface area contributed by atoms with E-state index in [4.69, 9.17) is 16.3 Å². The second-order valence-electron chi connectivity index (χ2n) is 4.71. The van der Waals surface area contributed by atoms with Crippen molar-refractivity contribution in [2.24, 2.45) is 0 Å². The van der Waals surface area contributed by atoms with E-state index in [1.165, 1.54) is 5.56 Å². The van der Waals surface area contributed by atoms with Gasteiger partial charge in [-0.3, -0.25) is 0 Å². The van der Waals surface area contributed by atoms with Crippen LogP contribution in [0.3, 0.4) is 0 Å². The summed E-state index contributed by atoms with van der Waals surface area (Å²) in [4.78, 5) is 4.61. The maximum absolute atomic E-state index is 6.06. The van der Waals surface area contributed by atoms with E-state index in [9.17, 15) is 0 Å². The summed E-state index contributed by atoms with van der Waals surface area (Å²) >= 11 is 9.57. The van der Waals surface area contributed by atoms with Crippen molar-refractivity contribution in [3.63, 3.8) is 0 Å². The average molecular weight is 366 g/mol. The summed E-state index contributed by atoms with van der Waals surface area (Å²) < 4.78 is 8.58. The van der Waals surface area contributed by atoms with Gasteiger partial charge in [-0.1, -0.05) is 34.1 Å². The summed E-state index contributed by atoms with van der Waals surface area (Å²) in [5.74, 6) is 1.98. The van der Waals surface area contributed by atoms with Gasteiger partial charge in [0.05, 0.1) is 18.5 Å². The van der Waals surface area contributed by atoms with E-state index in [-0.39, 0.29) is 0 Å². The fourth-order valence-electron chi connectivity index (χ4n) is 2.43. The number of benzene rings is 2. The molecule has 3 aromatic rings. The first-order chi connectivity index (χ1) is 10.2. The van der Waals surface area contributed by atoms with Crippen LogP contribution in [0.5, 0.6) is 5.75 Å². The van der Waals surface area contributed by atoms with Gasteiger partial charge in [-0.15, -0.1) is 11.6 Å². The maximum atomic E-state index is 6.06. The van der Waals surface area contributed by atoms with Crippen molar-refractivity contribution in [3.05, 3.63) is 58.3 Å². The molecule has 0 N–H and O–H groups in total. The number of aromatic nitrogens is 2. The van der Waals surface area contributed by atoms with Crippen molar-refractivity contribution in [2.75, 3.05) is 7.11 Å². The first-order valence-electron chi connectivity index (χ1n) is 6.55. The van der Waals surface area contributed by atoms with Gasteiger partial charge in [0.15, 0.2) is 0 Å². The normalized spacial score (nSPS) is 11.0. The van der Waals surface area contributed by atoms with Crippen LogP contribution in [0.15, 0.2) is 46.9 Å². The number of imidazole rings is 1. The third-order valence-electron chi connectivity index (χ3n) is 3.39. The second-order valence-corrected chi connectivity index (χ2v) is 5.89. The number of alkyl halides is 1. The van der Waals surface area contributed by atoms with Crippen molar-refractivity contribution in [1.29, 1.82) is 0 Å². The number of hydrogen-bond acceptors (Lipinski definition) is 2. The summed E-state index contributed by atoms with van der Waals surface area (Å²) in [5.41, 5.74) is 3.08. The molecular weight excluding hydrogens is 352 g/mol. The van der Waals surface area contributed by atoms with E-state index in [1.807, 2.05) is 30.3 Å². The second kappa shape index (κ2) is 6.08. The Labute approximate surface area is 136 Å². The van der Waals surface area contributed by atoms with Crippen LogP contribution >= 0.6 is 27.5 Å². The minimum atomic E-state index is 0.367. The first kappa shape index (κ1) is 14.4. The molecule has 0 atom stereocenters. The molecule has 0 fully saturated rings. The lowest BCUT2D eigenvalue weighted by molar-refractivity contribution is 0.419. The molecule has 2 aromatic carbocycles. The van der Waals surface area contributed by atoms with Crippen LogP contribution in [-0.4, -0.2) is 16.7 Å². The van der Waals surface area contributed by atoms with E-state index in [2.05, 4.69) is 37.6 Å². The molecule has 108 valence electrons. The minimum absolute atomic E-state index is 0.367. The zero-order valence-corrected chi connectivity index (χ0v) is 13.9. The number of rotatable bonds is 4. The molecule has 1 heterocycles. The van der Waals surface area contributed by atoms with Crippen molar-refractivity contribution in [3.8, 4) is 5.75 Å². The lowest BCUT2D eigenvalue weighted by atomic mass is 10.2. The summed E-state index contributed by atoms with van der Waals surface area (Å²) in [5, 5.41) is 0. The average Bonchev–Trinajstić information content (AvgIpc) is 2.85. The van der Waals surface area contributed by atoms with Crippen molar-refractivity contribution < 1.29 is 4.74 Å². The molecule has 1 aromatic heterocycles. The fourth-order valence-corrected chi connectivity index (χ4v) is 3.08. The molecule has 0 saturated carbocycles. The summed E-state index contributed by atoms with van der Waals surface area (Å²) in [7, 11) is 1.66.